The number of nitrogens with one attached hydrogen (secondary N) is 2. The zero-order valence-electron chi connectivity index (χ0n) is 14.9. The van der Waals surface area contributed by atoms with Crippen LogP contribution in [0.4, 0.5) is 5.69 Å². The lowest BCUT2D eigenvalue weighted by Crippen LogP contribution is -2.52. The smallest absolute Gasteiger partial charge is 0.238 e. The number of piperazine rings is 1. The molecule has 2 N–H and O–H groups in total. The first-order chi connectivity index (χ1) is 11.6. The predicted octanol–water partition coefficient (Wildman–Crippen LogP) is 1.73. The van der Waals surface area contributed by atoms with Gasteiger partial charge in [0, 0.05) is 44.5 Å². The molecule has 1 amide bonds. The van der Waals surface area contributed by atoms with Gasteiger partial charge in [-0.3, -0.25) is 14.6 Å². The number of anilines is 1. The van der Waals surface area contributed by atoms with Crippen molar-refractivity contribution in [3.05, 3.63) is 29.8 Å². The lowest BCUT2D eigenvalue weighted by Gasteiger charge is -2.37. The van der Waals surface area contributed by atoms with Crippen LogP contribution >= 0.6 is 0 Å². The van der Waals surface area contributed by atoms with Crippen LogP contribution < -0.4 is 10.6 Å². The third kappa shape index (κ3) is 4.56. The summed E-state index contributed by atoms with van der Waals surface area (Å²) in [4.78, 5) is 17.1. The molecule has 0 radical (unpaired) electrons. The van der Waals surface area contributed by atoms with Crippen molar-refractivity contribution in [3.8, 4) is 0 Å². The van der Waals surface area contributed by atoms with E-state index in [4.69, 9.17) is 0 Å². The molecular weight excluding hydrogens is 300 g/mol. The summed E-state index contributed by atoms with van der Waals surface area (Å²) in [6, 6.07) is 8.88. The fraction of sp³-hybridized carbons (Fsp3) is 0.632. The minimum Gasteiger partial charge on any atom is -0.325 e. The Balaban J connectivity index is 1.42. The molecule has 132 valence electrons. The number of hydrogen-bond donors (Lipinski definition) is 2. The third-order valence-corrected chi connectivity index (χ3v) is 5.19. The summed E-state index contributed by atoms with van der Waals surface area (Å²) in [6.45, 7) is 11.2. The van der Waals surface area contributed by atoms with Crippen molar-refractivity contribution in [1.29, 1.82) is 0 Å². The van der Waals surface area contributed by atoms with Crippen molar-refractivity contribution < 1.29 is 4.79 Å². The van der Waals surface area contributed by atoms with Gasteiger partial charge in [0.25, 0.3) is 0 Å². The van der Waals surface area contributed by atoms with E-state index in [1.165, 1.54) is 12.0 Å². The molecule has 0 spiro atoms. The Morgan fingerprint density at radius 1 is 1.21 bits per heavy atom. The van der Waals surface area contributed by atoms with Gasteiger partial charge in [-0.25, -0.2) is 0 Å². The highest BCUT2D eigenvalue weighted by Gasteiger charge is 2.26. The molecule has 1 unspecified atom stereocenters. The summed E-state index contributed by atoms with van der Waals surface area (Å²) >= 11 is 0. The first kappa shape index (κ1) is 17.4. The Labute approximate surface area is 145 Å². The zero-order valence-corrected chi connectivity index (χ0v) is 14.9. The van der Waals surface area contributed by atoms with Crippen molar-refractivity contribution in [2.24, 2.45) is 0 Å². The summed E-state index contributed by atoms with van der Waals surface area (Å²) in [5.74, 6) is 0.601. The second-order valence-electron chi connectivity index (χ2n) is 7.28. The highest BCUT2D eigenvalue weighted by atomic mass is 16.2. The molecule has 1 aromatic carbocycles. The molecule has 2 aliphatic rings. The third-order valence-electron chi connectivity index (χ3n) is 5.19. The number of hydrogen-bond acceptors (Lipinski definition) is 4. The molecule has 2 aliphatic heterocycles. The van der Waals surface area contributed by atoms with Crippen molar-refractivity contribution in [2.45, 2.75) is 32.2 Å². The van der Waals surface area contributed by atoms with Gasteiger partial charge in [0.1, 0.15) is 0 Å². The monoisotopic (exact) mass is 330 g/mol. The molecule has 0 aromatic heterocycles. The molecular formula is C19H30N4O. The standard InChI is InChI=1S/C19H30N4O/c1-15(2)16-3-5-17(6-4-16)21-19(24)14-22-9-11-23(12-10-22)18-7-8-20-13-18/h3-6,15,18,20H,7-14H2,1-2H3,(H,21,24). The fourth-order valence-corrected chi connectivity index (χ4v) is 3.59. The summed E-state index contributed by atoms with van der Waals surface area (Å²) in [5, 5.41) is 6.45. The maximum atomic E-state index is 12.3. The number of amides is 1. The highest BCUT2D eigenvalue weighted by molar-refractivity contribution is 5.92. The van der Waals surface area contributed by atoms with E-state index in [-0.39, 0.29) is 5.91 Å². The van der Waals surface area contributed by atoms with Gasteiger partial charge in [-0.15, -0.1) is 0 Å². The molecule has 2 heterocycles. The first-order valence-corrected chi connectivity index (χ1v) is 9.19. The summed E-state index contributed by atoms with van der Waals surface area (Å²) in [6.07, 6.45) is 1.26. The lowest BCUT2D eigenvalue weighted by atomic mass is 10.0. The number of nitrogens with zero attached hydrogens (tertiary/aromatic N) is 2. The average Bonchev–Trinajstić information content (AvgIpc) is 3.10. The molecule has 2 fully saturated rings. The topological polar surface area (TPSA) is 47.6 Å². The molecule has 0 aliphatic carbocycles. The van der Waals surface area contributed by atoms with Crippen LogP contribution in [0, 0.1) is 0 Å². The normalized spacial score (nSPS) is 22.9. The van der Waals surface area contributed by atoms with Gasteiger partial charge >= 0.3 is 0 Å². The molecule has 5 nitrogen and oxygen atoms in total. The van der Waals surface area contributed by atoms with Crippen molar-refractivity contribution in [3.63, 3.8) is 0 Å². The zero-order chi connectivity index (χ0) is 16.9. The second kappa shape index (κ2) is 8.10. The minimum absolute atomic E-state index is 0.0864. The van der Waals surface area contributed by atoms with Crippen LogP contribution in [0.5, 0.6) is 0 Å². The van der Waals surface area contributed by atoms with E-state index >= 15 is 0 Å². The van der Waals surface area contributed by atoms with Gasteiger partial charge in [0.05, 0.1) is 6.54 Å². The number of carbonyl (C=O) groups excluding carboxylic acids is 1. The van der Waals surface area contributed by atoms with E-state index in [2.05, 4.69) is 46.4 Å². The van der Waals surface area contributed by atoms with Gasteiger partial charge in [-0.2, -0.15) is 0 Å². The molecule has 5 heteroatoms. The van der Waals surface area contributed by atoms with Crippen molar-refractivity contribution in [2.75, 3.05) is 51.1 Å². The van der Waals surface area contributed by atoms with Gasteiger partial charge in [0.2, 0.25) is 5.91 Å². The Kier molecular flexibility index (Phi) is 5.87. The Morgan fingerprint density at radius 2 is 1.92 bits per heavy atom. The largest absolute Gasteiger partial charge is 0.325 e. The summed E-state index contributed by atoms with van der Waals surface area (Å²) in [5.41, 5.74) is 2.19. The maximum absolute atomic E-state index is 12.3. The molecule has 3 rings (SSSR count). The first-order valence-electron chi connectivity index (χ1n) is 9.19. The van der Waals surface area contributed by atoms with E-state index in [0.717, 1.165) is 45.0 Å². The Morgan fingerprint density at radius 3 is 2.50 bits per heavy atom. The van der Waals surface area contributed by atoms with E-state index in [9.17, 15) is 4.79 Å². The van der Waals surface area contributed by atoms with Crippen LogP contribution in [0.2, 0.25) is 0 Å². The molecule has 0 bridgehead atoms. The van der Waals surface area contributed by atoms with Crippen LogP contribution in [-0.4, -0.2) is 67.6 Å². The summed E-state index contributed by atoms with van der Waals surface area (Å²) < 4.78 is 0. The van der Waals surface area contributed by atoms with Crippen LogP contribution in [0.1, 0.15) is 31.7 Å². The van der Waals surface area contributed by atoms with E-state index < -0.39 is 0 Å². The molecule has 2 saturated heterocycles. The van der Waals surface area contributed by atoms with Crippen molar-refractivity contribution >= 4 is 11.6 Å². The Bertz CT molecular complexity index is 529. The summed E-state index contributed by atoms with van der Waals surface area (Å²) in [7, 11) is 0. The van der Waals surface area contributed by atoms with Crippen LogP contribution in [-0.2, 0) is 4.79 Å². The lowest BCUT2D eigenvalue weighted by molar-refractivity contribution is -0.117. The average molecular weight is 330 g/mol. The van der Waals surface area contributed by atoms with E-state index in [1.807, 2.05) is 12.1 Å². The molecule has 1 atom stereocenters. The second-order valence-corrected chi connectivity index (χ2v) is 7.28. The maximum Gasteiger partial charge on any atom is 0.238 e. The highest BCUT2D eigenvalue weighted by Crippen LogP contribution is 2.17. The van der Waals surface area contributed by atoms with Crippen LogP contribution in [0.15, 0.2) is 24.3 Å². The minimum atomic E-state index is 0.0864. The fourth-order valence-electron chi connectivity index (χ4n) is 3.59. The number of rotatable bonds is 5. The SMILES string of the molecule is CC(C)c1ccc(NC(=O)CN2CCN(C3CCNC3)CC2)cc1. The number of carbonyl (C=O) groups is 1. The number of benzene rings is 1. The van der Waals surface area contributed by atoms with Crippen LogP contribution in [0.3, 0.4) is 0 Å². The van der Waals surface area contributed by atoms with Crippen molar-refractivity contribution in [1.82, 2.24) is 15.1 Å². The van der Waals surface area contributed by atoms with Crippen LogP contribution in [0.25, 0.3) is 0 Å². The van der Waals surface area contributed by atoms with Gasteiger partial charge < -0.3 is 10.6 Å². The Hall–Kier alpha value is -1.43. The molecule has 1 aromatic rings. The van der Waals surface area contributed by atoms with Gasteiger partial charge in [-0.05, 0) is 36.6 Å². The predicted molar refractivity (Wildman–Crippen MR) is 98.4 cm³/mol. The quantitative estimate of drug-likeness (QED) is 0.863. The van der Waals surface area contributed by atoms with E-state index in [0.29, 0.717) is 18.5 Å². The van der Waals surface area contributed by atoms with E-state index in [1.54, 1.807) is 0 Å². The molecule has 24 heavy (non-hydrogen) atoms. The van der Waals surface area contributed by atoms with Gasteiger partial charge in [-0.1, -0.05) is 26.0 Å². The van der Waals surface area contributed by atoms with Gasteiger partial charge in [0.15, 0.2) is 0 Å². The molecule has 0 saturated carbocycles.